The van der Waals surface area contributed by atoms with Gasteiger partial charge in [0.1, 0.15) is 0 Å². The lowest BCUT2D eigenvalue weighted by molar-refractivity contribution is 0.405. The van der Waals surface area contributed by atoms with Crippen molar-refractivity contribution in [1.82, 2.24) is 0 Å². The molecule has 194 valence electrons. The van der Waals surface area contributed by atoms with E-state index in [4.69, 9.17) is 0 Å². The summed E-state index contributed by atoms with van der Waals surface area (Å²) in [4.78, 5) is 0. The van der Waals surface area contributed by atoms with Gasteiger partial charge in [-0.25, -0.2) is 0 Å². The third-order valence-electron chi connectivity index (χ3n) is 7.89. The Hall–Kier alpha value is 0. The minimum absolute atomic E-state index is 0.937. The molecule has 2 atom stereocenters. The first-order valence-corrected chi connectivity index (χ1v) is 15.7. The molecule has 0 rings (SSSR count). The first kappa shape index (κ1) is 32.0. The Morgan fingerprint density at radius 2 is 0.594 bits per heavy atom. The Morgan fingerprint density at radius 3 is 0.938 bits per heavy atom. The maximum atomic E-state index is 2.48. The van der Waals surface area contributed by atoms with Gasteiger partial charge < -0.3 is 0 Å². The van der Waals surface area contributed by atoms with Crippen LogP contribution in [0.15, 0.2) is 0 Å². The van der Waals surface area contributed by atoms with Crippen molar-refractivity contribution in [2.24, 2.45) is 11.8 Å². The summed E-state index contributed by atoms with van der Waals surface area (Å²) in [5.74, 6) is 1.89. The molecule has 0 radical (unpaired) electrons. The second-order valence-electron chi connectivity index (χ2n) is 11.4. The first-order valence-electron chi connectivity index (χ1n) is 15.7. The van der Waals surface area contributed by atoms with E-state index in [1.54, 1.807) is 0 Å². The Kier molecular flexibility index (Phi) is 27.2. The van der Waals surface area contributed by atoms with Crippen LogP contribution in [0.2, 0.25) is 0 Å². The standard InChI is InChI=1S/C32H66/c1-5-7-8-9-10-11-12-13-14-15-16-17-18-19-20-21-22-23-24-25-26-28-32(4)30-27-29-31(3)6-2/h31-32H,5-30H2,1-4H3. The molecule has 0 saturated carbocycles. The van der Waals surface area contributed by atoms with Gasteiger partial charge in [-0.3, -0.25) is 0 Å². The highest BCUT2D eigenvalue weighted by molar-refractivity contribution is 4.58. The average Bonchev–Trinajstić information content (AvgIpc) is 2.79. The Labute approximate surface area is 206 Å². The lowest BCUT2D eigenvalue weighted by Gasteiger charge is -2.13. The summed E-state index contributed by atoms with van der Waals surface area (Å²) in [6.07, 6.45) is 38.3. The van der Waals surface area contributed by atoms with Gasteiger partial charge in [0.05, 0.1) is 0 Å². The van der Waals surface area contributed by atoms with E-state index in [1.807, 2.05) is 0 Å². The largest absolute Gasteiger partial charge is 0.0654 e. The summed E-state index contributed by atoms with van der Waals surface area (Å²) < 4.78 is 0. The van der Waals surface area contributed by atoms with Crippen molar-refractivity contribution in [1.29, 1.82) is 0 Å². The van der Waals surface area contributed by atoms with Gasteiger partial charge in [-0.05, 0) is 11.8 Å². The van der Waals surface area contributed by atoms with E-state index in [-0.39, 0.29) is 0 Å². The van der Waals surface area contributed by atoms with E-state index < -0.39 is 0 Å². The predicted octanol–water partition coefficient (Wildman–Crippen LogP) is 12.4. The van der Waals surface area contributed by atoms with Crippen molar-refractivity contribution in [3.8, 4) is 0 Å². The normalized spacial score (nSPS) is 13.5. The zero-order valence-electron chi connectivity index (χ0n) is 23.5. The lowest BCUT2D eigenvalue weighted by atomic mass is 9.93. The number of rotatable bonds is 27. The molecule has 0 aromatic rings. The van der Waals surface area contributed by atoms with Crippen LogP contribution in [0.3, 0.4) is 0 Å². The monoisotopic (exact) mass is 451 g/mol. The van der Waals surface area contributed by atoms with Crippen molar-refractivity contribution in [3.05, 3.63) is 0 Å². The molecule has 0 aromatic heterocycles. The van der Waals surface area contributed by atoms with Gasteiger partial charge >= 0.3 is 0 Å². The summed E-state index contributed by atoms with van der Waals surface area (Å²) in [5.41, 5.74) is 0. The summed E-state index contributed by atoms with van der Waals surface area (Å²) in [7, 11) is 0. The molecular formula is C32H66. The Balaban J connectivity index is 3.10. The molecule has 0 amide bonds. The molecule has 32 heavy (non-hydrogen) atoms. The van der Waals surface area contributed by atoms with Crippen molar-refractivity contribution in [2.75, 3.05) is 0 Å². The first-order chi connectivity index (χ1) is 15.7. The third kappa shape index (κ3) is 26.3. The van der Waals surface area contributed by atoms with E-state index in [0.717, 1.165) is 11.8 Å². The van der Waals surface area contributed by atoms with Gasteiger partial charge in [-0.2, -0.15) is 0 Å². The third-order valence-corrected chi connectivity index (χ3v) is 7.89. The topological polar surface area (TPSA) is 0 Å². The van der Waals surface area contributed by atoms with Gasteiger partial charge in [0, 0.05) is 0 Å². The molecule has 0 bridgehead atoms. The van der Waals surface area contributed by atoms with Gasteiger partial charge in [0.25, 0.3) is 0 Å². The average molecular weight is 451 g/mol. The van der Waals surface area contributed by atoms with Crippen LogP contribution in [-0.2, 0) is 0 Å². The van der Waals surface area contributed by atoms with Crippen LogP contribution in [0, 0.1) is 11.8 Å². The van der Waals surface area contributed by atoms with Gasteiger partial charge in [-0.15, -0.1) is 0 Å². The minimum Gasteiger partial charge on any atom is -0.0654 e. The molecule has 0 heterocycles. The van der Waals surface area contributed by atoms with Crippen molar-refractivity contribution < 1.29 is 0 Å². The maximum Gasteiger partial charge on any atom is -0.0443 e. The molecule has 0 nitrogen and oxygen atoms in total. The second-order valence-corrected chi connectivity index (χ2v) is 11.4. The van der Waals surface area contributed by atoms with Crippen LogP contribution in [0.25, 0.3) is 0 Å². The summed E-state index contributed by atoms with van der Waals surface area (Å²) in [5, 5.41) is 0. The van der Waals surface area contributed by atoms with Crippen LogP contribution in [-0.4, -0.2) is 0 Å². The fraction of sp³-hybridized carbons (Fsp3) is 1.00. The van der Waals surface area contributed by atoms with Gasteiger partial charge in [0.2, 0.25) is 0 Å². The van der Waals surface area contributed by atoms with Crippen LogP contribution in [0.5, 0.6) is 0 Å². The van der Waals surface area contributed by atoms with E-state index >= 15 is 0 Å². The SMILES string of the molecule is CCCCCCCCCCCCCCCCCCCCCCCC(C)CCCC(C)CC. The van der Waals surface area contributed by atoms with E-state index in [1.165, 1.54) is 167 Å². The highest BCUT2D eigenvalue weighted by Gasteiger charge is 2.04. The highest BCUT2D eigenvalue weighted by Crippen LogP contribution is 2.20. The fourth-order valence-corrected chi connectivity index (χ4v) is 5.09. The molecule has 0 N–H and O–H groups in total. The molecule has 0 aromatic carbocycles. The highest BCUT2D eigenvalue weighted by atomic mass is 14.1. The lowest BCUT2D eigenvalue weighted by Crippen LogP contribution is -1.98. The van der Waals surface area contributed by atoms with Crippen molar-refractivity contribution in [2.45, 2.75) is 195 Å². The van der Waals surface area contributed by atoms with Crippen LogP contribution >= 0.6 is 0 Å². The van der Waals surface area contributed by atoms with Crippen molar-refractivity contribution in [3.63, 3.8) is 0 Å². The summed E-state index contributed by atoms with van der Waals surface area (Å²) in [6.45, 7) is 9.52. The van der Waals surface area contributed by atoms with Crippen LogP contribution in [0.1, 0.15) is 195 Å². The predicted molar refractivity (Wildman–Crippen MR) is 150 cm³/mol. The maximum absolute atomic E-state index is 2.48. The number of hydrogen-bond donors (Lipinski definition) is 0. The quantitative estimate of drug-likeness (QED) is 0.109. The number of unbranched alkanes of at least 4 members (excludes halogenated alkanes) is 20. The van der Waals surface area contributed by atoms with Crippen molar-refractivity contribution >= 4 is 0 Å². The molecule has 0 fully saturated rings. The molecular weight excluding hydrogens is 384 g/mol. The van der Waals surface area contributed by atoms with E-state index in [0.29, 0.717) is 0 Å². The molecule has 0 aliphatic rings. The molecule has 0 heteroatoms. The minimum atomic E-state index is 0.937. The summed E-state index contributed by atoms with van der Waals surface area (Å²) >= 11 is 0. The van der Waals surface area contributed by atoms with Crippen LogP contribution in [0.4, 0.5) is 0 Å². The molecule has 0 spiro atoms. The Morgan fingerprint density at radius 1 is 0.312 bits per heavy atom. The van der Waals surface area contributed by atoms with Gasteiger partial charge in [0.15, 0.2) is 0 Å². The molecule has 0 aliphatic carbocycles. The smallest absolute Gasteiger partial charge is 0.0443 e. The van der Waals surface area contributed by atoms with E-state index in [9.17, 15) is 0 Å². The Bertz CT molecular complexity index is 320. The fourth-order valence-electron chi connectivity index (χ4n) is 5.09. The zero-order chi connectivity index (χ0) is 23.5. The number of hydrogen-bond acceptors (Lipinski definition) is 0. The van der Waals surface area contributed by atoms with Gasteiger partial charge in [-0.1, -0.05) is 195 Å². The molecule has 0 aliphatic heterocycles. The zero-order valence-corrected chi connectivity index (χ0v) is 23.5. The summed E-state index contributed by atoms with van der Waals surface area (Å²) in [6, 6.07) is 0. The van der Waals surface area contributed by atoms with E-state index in [2.05, 4.69) is 27.7 Å². The van der Waals surface area contributed by atoms with Crippen LogP contribution < -0.4 is 0 Å². The molecule has 0 saturated heterocycles. The molecule has 2 unspecified atom stereocenters. The second kappa shape index (κ2) is 27.2.